The number of aryl methyl sites for hydroxylation is 1. The number of halogens is 1. The summed E-state index contributed by atoms with van der Waals surface area (Å²) in [6.07, 6.45) is 1.01. The molecule has 0 spiro atoms. The lowest BCUT2D eigenvalue weighted by Gasteiger charge is -2.17. The summed E-state index contributed by atoms with van der Waals surface area (Å²) in [5.41, 5.74) is 0.873. The Morgan fingerprint density at radius 2 is 2.20 bits per heavy atom. The third kappa shape index (κ3) is 8.18. The van der Waals surface area contributed by atoms with E-state index in [2.05, 4.69) is 22.1 Å². The van der Waals surface area contributed by atoms with E-state index >= 15 is 0 Å². The van der Waals surface area contributed by atoms with Gasteiger partial charge in [-0.3, -0.25) is 4.90 Å². The molecular weight excluding hydrogens is 473 g/mol. The van der Waals surface area contributed by atoms with E-state index in [9.17, 15) is 9.18 Å². The third-order valence-corrected chi connectivity index (χ3v) is 6.06. The molecule has 1 aliphatic rings. The number of methoxy groups -OCH3 is 1. The van der Waals surface area contributed by atoms with Crippen molar-refractivity contribution in [3.8, 4) is 17.6 Å². The van der Waals surface area contributed by atoms with Gasteiger partial charge in [-0.25, -0.2) is 14.2 Å². The second-order valence-corrected chi connectivity index (χ2v) is 9.83. The van der Waals surface area contributed by atoms with Crippen molar-refractivity contribution in [2.45, 2.75) is 38.6 Å². The number of carbonyl (C=O) groups is 1. The van der Waals surface area contributed by atoms with E-state index in [4.69, 9.17) is 18.9 Å². The van der Waals surface area contributed by atoms with Crippen LogP contribution in [0.3, 0.4) is 0 Å². The molecule has 2 aromatic rings. The Morgan fingerprint density at radius 1 is 1.40 bits per heavy atom. The molecule has 1 aromatic heterocycles. The highest BCUT2D eigenvalue weighted by Crippen LogP contribution is 2.27. The minimum atomic E-state index is -0.600. The molecule has 3 rings (SSSR count). The average molecular weight is 506 g/mol. The van der Waals surface area contributed by atoms with Crippen molar-refractivity contribution in [2.75, 3.05) is 52.8 Å². The number of esters is 1. The van der Waals surface area contributed by atoms with Gasteiger partial charge in [-0.1, -0.05) is 11.8 Å². The molecule has 35 heavy (non-hydrogen) atoms. The van der Waals surface area contributed by atoms with Crippen LogP contribution in [-0.2, 0) is 20.6 Å². The average Bonchev–Trinajstić information content (AvgIpc) is 3.38. The summed E-state index contributed by atoms with van der Waals surface area (Å²) < 4.78 is 36.2. The second kappa shape index (κ2) is 12.3. The minimum absolute atomic E-state index is 0.104. The summed E-state index contributed by atoms with van der Waals surface area (Å²) in [6.45, 7) is 5.61. The number of ether oxygens (including phenoxy) is 4. The van der Waals surface area contributed by atoms with Crippen LogP contribution in [0.1, 0.15) is 41.2 Å². The molecule has 0 bridgehead atoms. The van der Waals surface area contributed by atoms with Gasteiger partial charge < -0.3 is 24.3 Å². The van der Waals surface area contributed by atoms with E-state index in [1.165, 1.54) is 24.5 Å². The van der Waals surface area contributed by atoms with Gasteiger partial charge in [-0.15, -0.1) is 11.3 Å². The van der Waals surface area contributed by atoms with Crippen molar-refractivity contribution < 1.29 is 28.1 Å². The zero-order valence-electron chi connectivity index (χ0n) is 20.8. The first-order chi connectivity index (χ1) is 16.7. The number of nitrogens with one attached hydrogen (secondary N) is 1. The van der Waals surface area contributed by atoms with E-state index in [-0.39, 0.29) is 24.2 Å². The maximum Gasteiger partial charge on any atom is 0.357 e. The van der Waals surface area contributed by atoms with Gasteiger partial charge in [-0.2, -0.15) is 0 Å². The Kier molecular flexibility index (Phi) is 9.46. The van der Waals surface area contributed by atoms with Gasteiger partial charge in [0.2, 0.25) is 0 Å². The standard InChI is InChI=1S/C25H32FN3O5S/c1-25(2)33-16-18(34-25)15-27-24-28-22(23(30)31-5)21(35-24)9-7-13-32-20-11-10-17(14-19(20)26)8-6-12-29(3)4/h10-11,14,18H,7,9,12-13,15-16H2,1-5H3,(H,27,28). The number of rotatable bonds is 10. The Balaban J connectivity index is 1.53. The van der Waals surface area contributed by atoms with Crippen molar-refractivity contribution in [2.24, 2.45) is 0 Å². The molecule has 0 radical (unpaired) electrons. The molecule has 10 heteroatoms. The number of thiazole rings is 1. The Labute approximate surface area is 209 Å². The summed E-state index contributed by atoms with van der Waals surface area (Å²) in [5.74, 6) is 4.53. The number of hydrogen-bond donors (Lipinski definition) is 1. The van der Waals surface area contributed by atoms with E-state index in [1.54, 1.807) is 12.1 Å². The number of nitrogens with zero attached hydrogens (tertiary/aromatic N) is 2. The van der Waals surface area contributed by atoms with Crippen LogP contribution in [0.15, 0.2) is 18.2 Å². The molecule has 1 N–H and O–H groups in total. The Hall–Kier alpha value is -2.71. The van der Waals surface area contributed by atoms with Crippen LogP contribution in [0.25, 0.3) is 0 Å². The van der Waals surface area contributed by atoms with E-state index in [0.717, 1.165) is 4.88 Å². The largest absolute Gasteiger partial charge is 0.491 e. The first kappa shape index (κ1) is 26.9. The van der Waals surface area contributed by atoms with Gasteiger partial charge in [0.15, 0.2) is 28.2 Å². The lowest BCUT2D eigenvalue weighted by atomic mass is 10.2. The van der Waals surface area contributed by atoms with E-state index in [0.29, 0.717) is 43.2 Å². The lowest BCUT2D eigenvalue weighted by molar-refractivity contribution is -0.136. The highest BCUT2D eigenvalue weighted by atomic mass is 32.1. The first-order valence-corrected chi connectivity index (χ1v) is 12.2. The van der Waals surface area contributed by atoms with Crippen LogP contribution in [0.4, 0.5) is 9.52 Å². The third-order valence-electron chi connectivity index (χ3n) is 4.99. The normalized spacial score (nSPS) is 16.6. The van der Waals surface area contributed by atoms with Crippen LogP contribution < -0.4 is 10.1 Å². The zero-order valence-corrected chi connectivity index (χ0v) is 21.6. The van der Waals surface area contributed by atoms with Crippen molar-refractivity contribution in [1.82, 2.24) is 9.88 Å². The van der Waals surface area contributed by atoms with Gasteiger partial charge in [-0.05, 0) is 59.0 Å². The molecular formula is C25H32FN3O5S. The van der Waals surface area contributed by atoms with Crippen molar-refractivity contribution in [3.05, 3.63) is 40.2 Å². The van der Waals surface area contributed by atoms with Gasteiger partial charge in [0.25, 0.3) is 0 Å². The van der Waals surface area contributed by atoms with Gasteiger partial charge in [0, 0.05) is 17.0 Å². The van der Waals surface area contributed by atoms with Gasteiger partial charge in [0.1, 0.15) is 6.10 Å². The Morgan fingerprint density at radius 3 is 2.86 bits per heavy atom. The number of hydrogen-bond acceptors (Lipinski definition) is 9. The number of benzene rings is 1. The molecule has 1 unspecified atom stereocenters. The summed E-state index contributed by atoms with van der Waals surface area (Å²) in [5, 5.41) is 3.82. The Bertz CT molecular complexity index is 1080. The molecule has 1 aliphatic heterocycles. The summed E-state index contributed by atoms with van der Waals surface area (Å²) >= 11 is 1.38. The first-order valence-electron chi connectivity index (χ1n) is 11.4. The fourth-order valence-corrected chi connectivity index (χ4v) is 4.33. The zero-order chi connectivity index (χ0) is 25.4. The van der Waals surface area contributed by atoms with Crippen LogP contribution in [0, 0.1) is 17.7 Å². The minimum Gasteiger partial charge on any atom is -0.491 e. The summed E-state index contributed by atoms with van der Waals surface area (Å²) in [7, 11) is 5.17. The van der Waals surface area contributed by atoms with Crippen LogP contribution >= 0.6 is 11.3 Å². The maximum atomic E-state index is 14.4. The molecule has 190 valence electrons. The van der Waals surface area contributed by atoms with Crippen molar-refractivity contribution in [3.63, 3.8) is 0 Å². The summed E-state index contributed by atoms with van der Waals surface area (Å²) in [6, 6.07) is 4.69. The number of carbonyl (C=O) groups excluding carboxylic acids is 1. The number of aromatic nitrogens is 1. The fraction of sp³-hybridized carbons (Fsp3) is 0.520. The smallest absolute Gasteiger partial charge is 0.357 e. The van der Waals surface area contributed by atoms with Gasteiger partial charge in [0.05, 0.1) is 26.9 Å². The molecule has 2 heterocycles. The highest BCUT2D eigenvalue weighted by Gasteiger charge is 2.32. The molecule has 0 amide bonds. The van der Waals surface area contributed by atoms with Crippen molar-refractivity contribution >= 4 is 22.4 Å². The van der Waals surface area contributed by atoms with Crippen LogP contribution in [0.2, 0.25) is 0 Å². The molecule has 8 nitrogen and oxygen atoms in total. The quantitative estimate of drug-likeness (QED) is 0.298. The van der Waals surface area contributed by atoms with Crippen molar-refractivity contribution in [1.29, 1.82) is 0 Å². The van der Waals surface area contributed by atoms with Crippen LogP contribution in [0.5, 0.6) is 5.75 Å². The molecule has 0 aliphatic carbocycles. The molecule has 1 aromatic carbocycles. The topological polar surface area (TPSA) is 82.2 Å². The van der Waals surface area contributed by atoms with E-state index < -0.39 is 17.6 Å². The monoisotopic (exact) mass is 505 g/mol. The lowest BCUT2D eigenvalue weighted by Crippen LogP contribution is -2.26. The maximum absolute atomic E-state index is 14.4. The molecule has 0 saturated carbocycles. The highest BCUT2D eigenvalue weighted by molar-refractivity contribution is 7.15. The predicted octanol–water partition coefficient (Wildman–Crippen LogP) is 3.56. The molecule has 1 saturated heterocycles. The van der Waals surface area contributed by atoms with Crippen LogP contribution in [-0.4, -0.2) is 75.3 Å². The molecule has 1 atom stereocenters. The summed E-state index contributed by atoms with van der Waals surface area (Å²) in [4.78, 5) is 19.3. The predicted molar refractivity (Wildman–Crippen MR) is 132 cm³/mol. The van der Waals surface area contributed by atoms with E-state index in [1.807, 2.05) is 32.8 Å². The molecule has 1 fully saturated rings. The SMILES string of the molecule is COC(=O)c1nc(NCC2COC(C)(C)O2)sc1CCCOc1ccc(C#CCN(C)C)cc1F. The second-order valence-electron chi connectivity index (χ2n) is 8.75. The fourth-order valence-electron chi connectivity index (χ4n) is 3.33. The number of anilines is 1. The van der Waals surface area contributed by atoms with Gasteiger partial charge >= 0.3 is 5.97 Å².